The number of anilines is 1. The van der Waals surface area contributed by atoms with Gasteiger partial charge < -0.3 is 15.3 Å². The van der Waals surface area contributed by atoms with E-state index >= 15 is 0 Å². The molecule has 26 heavy (non-hydrogen) atoms. The van der Waals surface area contributed by atoms with Gasteiger partial charge in [0.2, 0.25) is 5.91 Å². The highest BCUT2D eigenvalue weighted by Crippen LogP contribution is 2.59. The number of carbonyl (C=O) groups excluding carboxylic acids is 2. The van der Waals surface area contributed by atoms with Crippen LogP contribution in [-0.2, 0) is 9.59 Å². The summed E-state index contributed by atoms with van der Waals surface area (Å²) >= 11 is 0. The monoisotopic (exact) mass is 356 g/mol. The van der Waals surface area contributed by atoms with E-state index in [9.17, 15) is 14.4 Å². The van der Waals surface area contributed by atoms with Gasteiger partial charge >= 0.3 is 5.97 Å². The lowest BCUT2D eigenvalue weighted by Crippen LogP contribution is -2.40. The molecule has 3 aliphatic rings. The molecule has 2 N–H and O–H groups in total. The standard InChI is InChI=1S/C20H24N2O4/c1-12-10-15(12)17(23)21-14-4-2-13(3-5-14)18(24)22-8-6-20(7-9-22)11-16(20)19(25)26/h2-5,12,15-16H,6-11H2,1H3,(H,21,23)(H,25,26). The minimum absolute atomic E-state index is 0.0268. The van der Waals surface area contributed by atoms with Gasteiger partial charge in [0.05, 0.1) is 5.92 Å². The summed E-state index contributed by atoms with van der Waals surface area (Å²) in [6.07, 6.45) is 3.23. The Hall–Kier alpha value is -2.37. The molecular formula is C20H24N2O4. The fourth-order valence-electron chi connectivity index (χ4n) is 4.21. The predicted octanol–water partition coefficient (Wildman–Crippen LogP) is 2.61. The van der Waals surface area contributed by atoms with Crippen molar-refractivity contribution in [3.63, 3.8) is 0 Å². The normalized spacial score (nSPS) is 28.5. The molecule has 1 spiro atoms. The molecule has 0 aromatic heterocycles. The first-order valence-corrected chi connectivity index (χ1v) is 9.33. The van der Waals surface area contributed by atoms with E-state index < -0.39 is 5.97 Å². The summed E-state index contributed by atoms with van der Waals surface area (Å²) in [6, 6.07) is 7.03. The van der Waals surface area contributed by atoms with Crippen molar-refractivity contribution in [3.8, 4) is 0 Å². The summed E-state index contributed by atoms with van der Waals surface area (Å²) in [6.45, 7) is 3.29. The lowest BCUT2D eigenvalue weighted by molar-refractivity contribution is -0.139. The van der Waals surface area contributed by atoms with E-state index in [1.165, 1.54) is 0 Å². The quantitative estimate of drug-likeness (QED) is 0.868. The molecule has 1 saturated heterocycles. The number of carboxylic acid groups (broad SMARTS) is 1. The number of carboxylic acids is 1. The molecule has 0 radical (unpaired) electrons. The Morgan fingerprint density at radius 3 is 2.27 bits per heavy atom. The Morgan fingerprint density at radius 2 is 1.77 bits per heavy atom. The topological polar surface area (TPSA) is 86.7 Å². The van der Waals surface area contributed by atoms with Crippen molar-refractivity contribution in [1.82, 2.24) is 4.90 Å². The largest absolute Gasteiger partial charge is 0.481 e. The zero-order valence-corrected chi connectivity index (χ0v) is 14.9. The van der Waals surface area contributed by atoms with Gasteiger partial charge in [-0.2, -0.15) is 0 Å². The average Bonchev–Trinajstić information content (AvgIpc) is 3.53. The Kier molecular flexibility index (Phi) is 4.01. The zero-order chi connectivity index (χ0) is 18.5. The molecule has 2 amide bonds. The van der Waals surface area contributed by atoms with E-state index in [1.807, 2.05) is 4.90 Å². The molecule has 1 aliphatic heterocycles. The summed E-state index contributed by atoms with van der Waals surface area (Å²) in [5, 5.41) is 12.0. The SMILES string of the molecule is CC1CC1C(=O)Nc1ccc(C(=O)N2CCC3(CC2)CC3C(=O)O)cc1. The highest BCUT2D eigenvalue weighted by atomic mass is 16.4. The molecule has 6 heteroatoms. The molecule has 6 nitrogen and oxygen atoms in total. The summed E-state index contributed by atoms with van der Waals surface area (Å²) in [5.41, 5.74) is 1.24. The second-order valence-electron chi connectivity index (χ2n) is 8.14. The van der Waals surface area contributed by atoms with Crippen LogP contribution in [0.4, 0.5) is 5.69 Å². The van der Waals surface area contributed by atoms with Crippen molar-refractivity contribution >= 4 is 23.5 Å². The third-order valence-electron chi connectivity index (χ3n) is 6.38. The summed E-state index contributed by atoms with van der Waals surface area (Å²) in [4.78, 5) is 37.6. The molecule has 3 atom stereocenters. The second-order valence-corrected chi connectivity index (χ2v) is 8.14. The maximum Gasteiger partial charge on any atom is 0.307 e. The molecule has 3 fully saturated rings. The minimum atomic E-state index is -0.706. The predicted molar refractivity (Wildman–Crippen MR) is 95.7 cm³/mol. The molecule has 1 heterocycles. The molecule has 4 rings (SSSR count). The number of amides is 2. The van der Waals surface area contributed by atoms with Gasteiger partial charge in [-0.15, -0.1) is 0 Å². The van der Waals surface area contributed by atoms with Crippen LogP contribution in [-0.4, -0.2) is 40.9 Å². The van der Waals surface area contributed by atoms with Gasteiger partial charge in [0.15, 0.2) is 0 Å². The Bertz CT molecular complexity index is 750. The lowest BCUT2D eigenvalue weighted by Gasteiger charge is -2.32. The van der Waals surface area contributed by atoms with E-state index in [2.05, 4.69) is 12.2 Å². The number of nitrogens with zero attached hydrogens (tertiary/aromatic N) is 1. The fourth-order valence-corrected chi connectivity index (χ4v) is 4.21. The smallest absolute Gasteiger partial charge is 0.307 e. The van der Waals surface area contributed by atoms with E-state index in [0.717, 1.165) is 25.7 Å². The minimum Gasteiger partial charge on any atom is -0.481 e. The zero-order valence-electron chi connectivity index (χ0n) is 14.9. The van der Waals surface area contributed by atoms with Crippen LogP contribution in [0.1, 0.15) is 43.0 Å². The van der Waals surface area contributed by atoms with Gasteiger partial charge in [-0.25, -0.2) is 0 Å². The number of benzene rings is 1. The first kappa shape index (κ1) is 17.1. The van der Waals surface area contributed by atoms with Crippen LogP contribution in [0.2, 0.25) is 0 Å². The van der Waals surface area contributed by atoms with Crippen LogP contribution in [0.25, 0.3) is 0 Å². The molecule has 1 aromatic rings. The van der Waals surface area contributed by atoms with Crippen molar-refractivity contribution in [2.75, 3.05) is 18.4 Å². The number of likely N-dealkylation sites (tertiary alicyclic amines) is 1. The Morgan fingerprint density at radius 1 is 1.15 bits per heavy atom. The number of piperidine rings is 1. The van der Waals surface area contributed by atoms with Gasteiger partial charge in [0.1, 0.15) is 0 Å². The molecule has 1 aromatic carbocycles. The van der Waals surface area contributed by atoms with Gasteiger partial charge in [-0.3, -0.25) is 14.4 Å². The van der Waals surface area contributed by atoms with E-state index in [4.69, 9.17) is 5.11 Å². The number of nitrogens with one attached hydrogen (secondary N) is 1. The van der Waals surface area contributed by atoms with Crippen LogP contribution in [0.3, 0.4) is 0 Å². The van der Waals surface area contributed by atoms with Crippen LogP contribution in [0.15, 0.2) is 24.3 Å². The van der Waals surface area contributed by atoms with E-state index in [0.29, 0.717) is 30.3 Å². The molecule has 2 aliphatic carbocycles. The molecule has 3 unspecified atom stereocenters. The number of carbonyl (C=O) groups is 3. The van der Waals surface area contributed by atoms with E-state index in [-0.39, 0.29) is 29.1 Å². The van der Waals surface area contributed by atoms with Gasteiger partial charge in [0, 0.05) is 30.3 Å². The summed E-state index contributed by atoms with van der Waals surface area (Å²) in [5.74, 6) is -0.323. The summed E-state index contributed by atoms with van der Waals surface area (Å²) < 4.78 is 0. The van der Waals surface area contributed by atoms with Crippen molar-refractivity contribution in [2.24, 2.45) is 23.2 Å². The van der Waals surface area contributed by atoms with E-state index in [1.54, 1.807) is 24.3 Å². The maximum absolute atomic E-state index is 12.7. The average molecular weight is 356 g/mol. The van der Waals surface area contributed by atoms with Crippen LogP contribution in [0, 0.1) is 23.2 Å². The Balaban J connectivity index is 1.32. The number of rotatable bonds is 4. The van der Waals surface area contributed by atoms with Crippen molar-refractivity contribution in [3.05, 3.63) is 29.8 Å². The van der Waals surface area contributed by atoms with Crippen molar-refractivity contribution < 1.29 is 19.5 Å². The first-order chi connectivity index (χ1) is 12.4. The highest BCUT2D eigenvalue weighted by Gasteiger charge is 2.59. The molecule has 2 saturated carbocycles. The number of hydrogen-bond donors (Lipinski definition) is 2. The van der Waals surface area contributed by atoms with Crippen molar-refractivity contribution in [2.45, 2.75) is 32.6 Å². The van der Waals surface area contributed by atoms with Crippen LogP contribution < -0.4 is 5.32 Å². The molecule has 0 bridgehead atoms. The molecular weight excluding hydrogens is 332 g/mol. The van der Waals surface area contributed by atoms with Gasteiger partial charge in [-0.05, 0) is 61.3 Å². The van der Waals surface area contributed by atoms with Gasteiger partial charge in [0.25, 0.3) is 5.91 Å². The molecule has 138 valence electrons. The third kappa shape index (κ3) is 3.08. The van der Waals surface area contributed by atoms with Gasteiger partial charge in [-0.1, -0.05) is 6.92 Å². The third-order valence-corrected chi connectivity index (χ3v) is 6.38. The second kappa shape index (κ2) is 6.11. The maximum atomic E-state index is 12.7. The van der Waals surface area contributed by atoms with Crippen LogP contribution >= 0.6 is 0 Å². The fraction of sp³-hybridized carbons (Fsp3) is 0.550. The lowest BCUT2D eigenvalue weighted by atomic mass is 9.90. The first-order valence-electron chi connectivity index (χ1n) is 9.33. The Labute approximate surface area is 152 Å². The van der Waals surface area contributed by atoms with Crippen molar-refractivity contribution in [1.29, 1.82) is 0 Å². The number of hydrogen-bond acceptors (Lipinski definition) is 3. The van der Waals surface area contributed by atoms with Crippen LogP contribution in [0.5, 0.6) is 0 Å². The summed E-state index contributed by atoms with van der Waals surface area (Å²) in [7, 11) is 0. The highest BCUT2D eigenvalue weighted by molar-refractivity contribution is 5.97. The number of aliphatic carboxylic acids is 1.